The summed E-state index contributed by atoms with van der Waals surface area (Å²) in [5, 5.41) is 6.63. The molecule has 1 aliphatic rings. The van der Waals surface area contributed by atoms with Crippen LogP contribution in [-0.4, -0.2) is 51.7 Å². The van der Waals surface area contributed by atoms with Gasteiger partial charge >= 0.3 is 0 Å². The van der Waals surface area contributed by atoms with Crippen molar-refractivity contribution >= 4 is 0 Å². The topological polar surface area (TPSA) is 27.3 Å². The third kappa shape index (κ3) is 4.60. The van der Waals surface area contributed by atoms with Gasteiger partial charge in [0.25, 0.3) is 0 Å². The minimum absolute atomic E-state index is 0.871. The summed E-state index contributed by atoms with van der Waals surface area (Å²) in [4.78, 5) is 2.44. The second kappa shape index (κ2) is 6.35. The molecule has 0 aromatic heterocycles. The van der Waals surface area contributed by atoms with Gasteiger partial charge in [0.1, 0.15) is 0 Å². The van der Waals surface area contributed by atoms with Crippen molar-refractivity contribution in [2.24, 2.45) is 5.92 Å². The lowest BCUT2D eigenvalue weighted by Crippen LogP contribution is -2.38. The van der Waals surface area contributed by atoms with Gasteiger partial charge < -0.3 is 15.5 Å². The van der Waals surface area contributed by atoms with Crippen LogP contribution < -0.4 is 10.6 Å². The molecule has 1 unspecified atom stereocenters. The molecular formula is C10H23N3. The Balaban J connectivity index is 2.00. The minimum atomic E-state index is 0.871. The van der Waals surface area contributed by atoms with Crippen LogP contribution in [0.5, 0.6) is 0 Å². The number of nitrogens with zero attached hydrogens (tertiary/aromatic N) is 1. The molecule has 0 saturated carbocycles. The van der Waals surface area contributed by atoms with E-state index in [2.05, 4.69) is 22.6 Å². The Morgan fingerprint density at radius 1 is 1.38 bits per heavy atom. The molecule has 1 rings (SSSR count). The predicted octanol–water partition coefficient (Wildman–Crippen LogP) is 0.137. The molecule has 0 spiro atoms. The second-order valence-electron chi connectivity index (χ2n) is 4.08. The van der Waals surface area contributed by atoms with Gasteiger partial charge in [0, 0.05) is 19.6 Å². The molecular weight excluding hydrogens is 162 g/mol. The van der Waals surface area contributed by atoms with E-state index < -0.39 is 0 Å². The van der Waals surface area contributed by atoms with Crippen molar-refractivity contribution in [2.45, 2.75) is 12.8 Å². The van der Waals surface area contributed by atoms with Crippen molar-refractivity contribution in [1.29, 1.82) is 0 Å². The number of piperidine rings is 1. The molecule has 0 aromatic carbocycles. The highest BCUT2D eigenvalue weighted by molar-refractivity contribution is 4.72. The quantitative estimate of drug-likeness (QED) is 0.597. The van der Waals surface area contributed by atoms with Gasteiger partial charge in [-0.2, -0.15) is 0 Å². The number of rotatable bonds is 5. The standard InChI is InChI=1S/C10H23N3/c1-11-5-6-12-8-10-4-3-7-13(2)9-10/h10-12H,3-9H2,1-2H3. The summed E-state index contributed by atoms with van der Waals surface area (Å²) in [6.45, 7) is 5.91. The largest absolute Gasteiger partial charge is 0.318 e. The molecule has 3 nitrogen and oxygen atoms in total. The maximum atomic E-state index is 3.49. The van der Waals surface area contributed by atoms with Crippen molar-refractivity contribution in [3.63, 3.8) is 0 Å². The molecule has 1 saturated heterocycles. The zero-order valence-corrected chi connectivity index (χ0v) is 8.97. The predicted molar refractivity (Wildman–Crippen MR) is 57.0 cm³/mol. The van der Waals surface area contributed by atoms with E-state index in [0.29, 0.717) is 0 Å². The highest BCUT2D eigenvalue weighted by Crippen LogP contribution is 2.13. The molecule has 78 valence electrons. The smallest absolute Gasteiger partial charge is 0.00767 e. The van der Waals surface area contributed by atoms with Gasteiger partial charge in [-0.3, -0.25) is 0 Å². The number of likely N-dealkylation sites (N-methyl/N-ethyl adjacent to an activating group) is 1. The van der Waals surface area contributed by atoms with E-state index >= 15 is 0 Å². The Morgan fingerprint density at radius 2 is 2.23 bits per heavy atom. The van der Waals surface area contributed by atoms with Crippen LogP contribution in [-0.2, 0) is 0 Å². The van der Waals surface area contributed by atoms with E-state index in [4.69, 9.17) is 0 Å². The fourth-order valence-corrected chi connectivity index (χ4v) is 1.96. The molecule has 0 amide bonds. The van der Waals surface area contributed by atoms with Gasteiger partial charge in [0.15, 0.2) is 0 Å². The van der Waals surface area contributed by atoms with Gasteiger partial charge in [0.05, 0.1) is 0 Å². The van der Waals surface area contributed by atoms with Gasteiger partial charge in [-0.1, -0.05) is 0 Å². The average molecular weight is 185 g/mol. The summed E-state index contributed by atoms with van der Waals surface area (Å²) in [6, 6.07) is 0. The molecule has 3 heteroatoms. The highest BCUT2D eigenvalue weighted by Gasteiger charge is 2.15. The molecule has 2 N–H and O–H groups in total. The summed E-state index contributed by atoms with van der Waals surface area (Å²) >= 11 is 0. The Kier molecular flexibility index (Phi) is 5.35. The first-order valence-electron chi connectivity index (χ1n) is 5.37. The van der Waals surface area contributed by atoms with E-state index in [1.54, 1.807) is 0 Å². The van der Waals surface area contributed by atoms with Crippen LogP contribution in [0.15, 0.2) is 0 Å². The van der Waals surface area contributed by atoms with E-state index in [1.165, 1.54) is 32.5 Å². The normalized spacial score (nSPS) is 24.9. The van der Waals surface area contributed by atoms with Crippen LogP contribution in [0, 0.1) is 5.92 Å². The van der Waals surface area contributed by atoms with Crippen molar-refractivity contribution in [3.8, 4) is 0 Å². The van der Waals surface area contributed by atoms with Crippen molar-refractivity contribution in [2.75, 3.05) is 46.8 Å². The zero-order chi connectivity index (χ0) is 9.52. The lowest BCUT2D eigenvalue weighted by atomic mass is 9.98. The third-order valence-electron chi connectivity index (χ3n) is 2.71. The monoisotopic (exact) mass is 185 g/mol. The number of nitrogens with one attached hydrogen (secondary N) is 2. The summed E-state index contributed by atoms with van der Waals surface area (Å²) in [5.74, 6) is 0.871. The van der Waals surface area contributed by atoms with E-state index in [-0.39, 0.29) is 0 Å². The molecule has 0 aliphatic carbocycles. The fourth-order valence-electron chi connectivity index (χ4n) is 1.96. The van der Waals surface area contributed by atoms with Gasteiger partial charge in [-0.05, 0) is 45.9 Å². The van der Waals surface area contributed by atoms with Gasteiger partial charge in [-0.25, -0.2) is 0 Å². The Morgan fingerprint density at radius 3 is 2.92 bits per heavy atom. The number of hydrogen-bond donors (Lipinski definition) is 2. The summed E-state index contributed by atoms with van der Waals surface area (Å²) < 4.78 is 0. The first-order valence-corrected chi connectivity index (χ1v) is 5.37. The van der Waals surface area contributed by atoms with E-state index in [0.717, 1.165) is 19.0 Å². The molecule has 1 fully saturated rings. The van der Waals surface area contributed by atoms with Crippen molar-refractivity contribution in [3.05, 3.63) is 0 Å². The van der Waals surface area contributed by atoms with Crippen molar-refractivity contribution in [1.82, 2.24) is 15.5 Å². The fraction of sp³-hybridized carbons (Fsp3) is 1.00. The molecule has 1 heterocycles. The highest BCUT2D eigenvalue weighted by atomic mass is 15.1. The SMILES string of the molecule is CNCCNCC1CCCN(C)C1. The minimum Gasteiger partial charge on any atom is -0.318 e. The van der Waals surface area contributed by atoms with Crippen LogP contribution in [0.3, 0.4) is 0 Å². The summed E-state index contributed by atoms with van der Waals surface area (Å²) in [7, 11) is 4.22. The summed E-state index contributed by atoms with van der Waals surface area (Å²) in [6.07, 6.45) is 2.77. The zero-order valence-electron chi connectivity index (χ0n) is 8.97. The van der Waals surface area contributed by atoms with E-state index in [9.17, 15) is 0 Å². The lowest BCUT2D eigenvalue weighted by molar-refractivity contribution is 0.206. The molecule has 13 heavy (non-hydrogen) atoms. The van der Waals surface area contributed by atoms with Gasteiger partial charge in [-0.15, -0.1) is 0 Å². The van der Waals surface area contributed by atoms with Crippen LogP contribution in [0.4, 0.5) is 0 Å². The maximum absolute atomic E-state index is 3.49. The molecule has 1 atom stereocenters. The molecule has 0 bridgehead atoms. The van der Waals surface area contributed by atoms with Crippen LogP contribution in [0.25, 0.3) is 0 Å². The molecule has 0 aromatic rings. The maximum Gasteiger partial charge on any atom is 0.00767 e. The molecule has 1 aliphatic heterocycles. The Labute approximate surface area is 81.9 Å². The first-order chi connectivity index (χ1) is 6.33. The Hall–Kier alpha value is -0.120. The van der Waals surface area contributed by atoms with Crippen LogP contribution >= 0.6 is 0 Å². The average Bonchev–Trinajstić information content (AvgIpc) is 2.13. The second-order valence-corrected chi connectivity index (χ2v) is 4.08. The summed E-state index contributed by atoms with van der Waals surface area (Å²) in [5.41, 5.74) is 0. The first kappa shape index (κ1) is 11.0. The molecule has 0 radical (unpaired) electrons. The Bertz CT molecular complexity index is 127. The van der Waals surface area contributed by atoms with Crippen LogP contribution in [0.1, 0.15) is 12.8 Å². The number of hydrogen-bond acceptors (Lipinski definition) is 3. The number of likely N-dealkylation sites (tertiary alicyclic amines) is 1. The van der Waals surface area contributed by atoms with Gasteiger partial charge in [0.2, 0.25) is 0 Å². The lowest BCUT2D eigenvalue weighted by Gasteiger charge is -2.29. The third-order valence-corrected chi connectivity index (χ3v) is 2.71. The van der Waals surface area contributed by atoms with Crippen LogP contribution in [0.2, 0.25) is 0 Å². The van der Waals surface area contributed by atoms with E-state index in [1.807, 2.05) is 7.05 Å². The van der Waals surface area contributed by atoms with Crippen molar-refractivity contribution < 1.29 is 0 Å².